The van der Waals surface area contributed by atoms with Crippen molar-refractivity contribution in [1.82, 2.24) is 4.98 Å². The molecule has 0 radical (unpaired) electrons. The molecule has 0 spiro atoms. The number of rotatable bonds is 3. The van der Waals surface area contributed by atoms with Gasteiger partial charge in [0.15, 0.2) is 0 Å². The van der Waals surface area contributed by atoms with E-state index in [-0.39, 0.29) is 5.54 Å². The molecule has 2 N–H and O–H groups in total. The quantitative estimate of drug-likeness (QED) is 0.892. The number of carbonyl (C=O) groups is 1. The van der Waals surface area contributed by atoms with E-state index in [0.29, 0.717) is 16.8 Å². The van der Waals surface area contributed by atoms with Crippen molar-refractivity contribution in [3.63, 3.8) is 0 Å². The molecule has 0 unspecified atom stereocenters. The molecule has 1 aliphatic rings. The summed E-state index contributed by atoms with van der Waals surface area (Å²) in [6.45, 7) is 2.20. The third-order valence-electron chi connectivity index (χ3n) is 4.33. The highest BCUT2D eigenvalue weighted by Crippen LogP contribution is 2.31. The molecule has 2 aromatic rings. The first-order valence-corrected chi connectivity index (χ1v) is 7.49. The van der Waals surface area contributed by atoms with Crippen LogP contribution < -0.4 is 5.32 Å². The van der Waals surface area contributed by atoms with Crippen molar-refractivity contribution in [2.75, 3.05) is 5.32 Å². The topological polar surface area (TPSA) is 62.2 Å². The maximum absolute atomic E-state index is 11.5. The van der Waals surface area contributed by atoms with Crippen LogP contribution in [0.25, 0.3) is 10.9 Å². The van der Waals surface area contributed by atoms with Gasteiger partial charge >= 0.3 is 5.97 Å². The summed E-state index contributed by atoms with van der Waals surface area (Å²) in [5.74, 6) is -0.249. The lowest BCUT2D eigenvalue weighted by Crippen LogP contribution is -2.37. The van der Waals surface area contributed by atoms with Crippen LogP contribution in [0.4, 0.5) is 5.82 Å². The molecule has 3 rings (SSSR count). The van der Waals surface area contributed by atoms with Gasteiger partial charge in [0, 0.05) is 10.9 Å². The number of pyridine rings is 1. The van der Waals surface area contributed by atoms with Gasteiger partial charge in [-0.15, -0.1) is 0 Å². The SMILES string of the molecule is CC1(Nc2cc(C(=O)O)c3ccccc3n2)CCCCC1. The van der Waals surface area contributed by atoms with Crippen LogP contribution in [-0.4, -0.2) is 21.6 Å². The van der Waals surface area contributed by atoms with Crippen LogP contribution in [-0.2, 0) is 0 Å². The molecule has 1 aromatic carbocycles. The van der Waals surface area contributed by atoms with Crippen molar-refractivity contribution in [2.24, 2.45) is 0 Å². The minimum Gasteiger partial charge on any atom is -0.478 e. The Hall–Kier alpha value is -2.10. The second-order valence-electron chi connectivity index (χ2n) is 6.12. The van der Waals surface area contributed by atoms with Crippen molar-refractivity contribution in [3.05, 3.63) is 35.9 Å². The number of aromatic nitrogens is 1. The molecule has 0 saturated heterocycles. The van der Waals surface area contributed by atoms with E-state index in [9.17, 15) is 9.90 Å². The van der Waals surface area contributed by atoms with Gasteiger partial charge in [0.1, 0.15) is 5.82 Å². The predicted molar refractivity (Wildman–Crippen MR) is 83.8 cm³/mol. The van der Waals surface area contributed by atoms with Crippen LogP contribution in [0, 0.1) is 0 Å². The average molecular weight is 284 g/mol. The minimum atomic E-state index is -0.912. The lowest BCUT2D eigenvalue weighted by Gasteiger charge is -2.35. The van der Waals surface area contributed by atoms with Crippen molar-refractivity contribution < 1.29 is 9.90 Å². The third-order valence-corrected chi connectivity index (χ3v) is 4.33. The molecule has 0 bridgehead atoms. The van der Waals surface area contributed by atoms with Crippen LogP contribution in [0.3, 0.4) is 0 Å². The minimum absolute atomic E-state index is 0.0173. The van der Waals surface area contributed by atoms with Crippen molar-refractivity contribution >= 4 is 22.7 Å². The number of nitrogens with one attached hydrogen (secondary N) is 1. The Morgan fingerprint density at radius 2 is 1.95 bits per heavy atom. The van der Waals surface area contributed by atoms with Gasteiger partial charge in [-0.05, 0) is 31.9 Å². The molecule has 0 amide bonds. The first kappa shape index (κ1) is 13.9. The smallest absolute Gasteiger partial charge is 0.336 e. The standard InChI is InChI=1S/C17H20N2O2/c1-17(9-5-2-6-10-17)19-15-11-13(16(20)21)12-7-3-4-8-14(12)18-15/h3-4,7-8,11H,2,5-6,9-10H2,1H3,(H,18,19)(H,20,21). The van der Waals surface area contributed by atoms with E-state index in [0.717, 1.165) is 18.4 Å². The van der Waals surface area contributed by atoms with Crippen molar-refractivity contribution in [2.45, 2.75) is 44.6 Å². The Bertz CT molecular complexity index is 676. The Balaban J connectivity index is 2.01. The summed E-state index contributed by atoms with van der Waals surface area (Å²) in [4.78, 5) is 16.1. The molecule has 4 heteroatoms. The Labute approximate surface area is 124 Å². The fraction of sp³-hybridized carbons (Fsp3) is 0.412. The molecule has 1 saturated carbocycles. The summed E-state index contributed by atoms with van der Waals surface area (Å²) in [5.41, 5.74) is 1.05. The van der Waals surface area contributed by atoms with Crippen LogP contribution in [0.2, 0.25) is 0 Å². The highest BCUT2D eigenvalue weighted by atomic mass is 16.4. The van der Waals surface area contributed by atoms with Gasteiger partial charge in [-0.25, -0.2) is 9.78 Å². The second-order valence-corrected chi connectivity index (χ2v) is 6.12. The number of nitrogens with zero attached hydrogens (tertiary/aromatic N) is 1. The van der Waals surface area contributed by atoms with Crippen molar-refractivity contribution in [3.8, 4) is 0 Å². The van der Waals surface area contributed by atoms with Gasteiger partial charge in [-0.3, -0.25) is 0 Å². The van der Waals surface area contributed by atoms with Gasteiger partial charge in [0.25, 0.3) is 0 Å². The highest BCUT2D eigenvalue weighted by Gasteiger charge is 2.27. The van der Waals surface area contributed by atoms with E-state index in [1.165, 1.54) is 19.3 Å². The predicted octanol–water partition coefficient (Wildman–Crippen LogP) is 4.07. The average Bonchev–Trinajstić information content (AvgIpc) is 2.46. The van der Waals surface area contributed by atoms with E-state index in [1.54, 1.807) is 12.1 Å². The zero-order valence-corrected chi connectivity index (χ0v) is 12.2. The van der Waals surface area contributed by atoms with E-state index < -0.39 is 5.97 Å². The fourth-order valence-corrected chi connectivity index (χ4v) is 3.18. The van der Waals surface area contributed by atoms with Crippen molar-refractivity contribution in [1.29, 1.82) is 0 Å². The number of benzene rings is 1. The first-order chi connectivity index (χ1) is 10.1. The number of aromatic carboxylic acids is 1. The number of carboxylic acid groups (broad SMARTS) is 1. The summed E-state index contributed by atoms with van der Waals surface area (Å²) >= 11 is 0. The van der Waals surface area contributed by atoms with E-state index in [2.05, 4.69) is 17.2 Å². The van der Waals surface area contributed by atoms with Crippen LogP contribution in [0.5, 0.6) is 0 Å². The summed E-state index contributed by atoms with van der Waals surface area (Å²) in [6, 6.07) is 9.04. The third kappa shape index (κ3) is 2.84. The van der Waals surface area contributed by atoms with E-state index in [1.807, 2.05) is 18.2 Å². The van der Waals surface area contributed by atoms with Crippen LogP contribution in [0.1, 0.15) is 49.4 Å². The molecule has 1 aliphatic carbocycles. The summed E-state index contributed by atoms with van der Waals surface area (Å²) in [6.07, 6.45) is 5.91. The summed E-state index contributed by atoms with van der Waals surface area (Å²) in [7, 11) is 0. The number of fused-ring (bicyclic) bond motifs is 1. The molecular formula is C17H20N2O2. The van der Waals surface area contributed by atoms with E-state index in [4.69, 9.17) is 0 Å². The normalized spacial score (nSPS) is 17.6. The molecule has 4 nitrogen and oxygen atoms in total. The van der Waals surface area contributed by atoms with Gasteiger partial charge in [0.05, 0.1) is 11.1 Å². The number of para-hydroxylation sites is 1. The largest absolute Gasteiger partial charge is 0.478 e. The monoisotopic (exact) mass is 284 g/mol. The zero-order chi connectivity index (χ0) is 14.9. The molecular weight excluding hydrogens is 264 g/mol. The Kier molecular flexibility index (Phi) is 3.53. The molecule has 1 heterocycles. The molecule has 21 heavy (non-hydrogen) atoms. The molecule has 0 atom stereocenters. The molecule has 1 fully saturated rings. The van der Waals surface area contributed by atoms with E-state index >= 15 is 0 Å². The molecule has 1 aromatic heterocycles. The number of hydrogen-bond acceptors (Lipinski definition) is 3. The summed E-state index contributed by atoms with van der Waals surface area (Å²) < 4.78 is 0. The second kappa shape index (κ2) is 5.35. The van der Waals surface area contributed by atoms with Gasteiger partial charge in [-0.2, -0.15) is 0 Å². The number of hydrogen-bond donors (Lipinski definition) is 2. The molecule has 110 valence electrons. The highest BCUT2D eigenvalue weighted by molar-refractivity contribution is 6.03. The fourth-order valence-electron chi connectivity index (χ4n) is 3.18. The maximum atomic E-state index is 11.5. The first-order valence-electron chi connectivity index (χ1n) is 7.49. The zero-order valence-electron chi connectivity index (χ0n) is 12.2. The lowest BCUT2D eigenvalue weighted by molar-refractivity contribution is 0.0699. The van der Waals surface area contributed by atoms with Gasteiger partial charge < -0.3 is 10.4 Å². The van der Waals surface area contributed by atoms with Gasteiger partial charge in [0.2, 0.25) is 0 Å². The number of carboxylic acids is 1. The maximum Gasteiger partial charge on any atom is 0.336 e. The number of anilines is 1. The Morgan fingerprint density at radius 3 is 2.67 bits per heavy atom. The van der Waals surface area contributed by atoms with Crippen LogP contribution in [0.15, 0.2) is 30.3 Å². The summed E-state index contributed by atoms with van der Waals surface area (Å²) in [5, 5.41) is 13.6. The lowest BCUT2D eigenvalue weighted by atomic mass is 9.83. The van der Waals surface area contributed by atoms with Crippen LogP contribution >= 0.6 is 0 Å². The van der Waals surface area contributed by atoms with Gasteiger partial charge in [-0.1, -0.05) is 37.5 Å². The Morgan fingerprint density at radius 1 is 1.24 bits per heavy atom. The molecule has 0 aliphatic heterocycles.